The molecule has 318 valence electrons. The van der Waals surface area contributed by atoms with Gasteiger partial charge in [0.1, 0.15) is 23.0 Å². The highest BCUT2D eigenvalue weighted by atomic mass is 16.5. The van der Waals surface area contributed by atoms with Crippen LogP contribution in [0.1, 0.15) is 112 Å². The van der Waals surface area contributed by atoms with Gasteiger partial charge >= 0.3 is 0 Å². The van der Waals surface area contributed by atoms with E-state index >= 15 is 0 Å². The molecule has 0 saturated carbocycles. The molecule has 59 heavy (non-hydrogen) atoms. The van der Waals surface area contributed by atoms with Crippen molar-refractivity contribution in [2.45, 2.75) is 111 Å². The van der Waals surface area contributed by atoms with Gasteiger partial charge in [-0.25, -0.2) is 0 Å². The van der Waals surface area contributed by atoms with E-state index in [4.69, 9.17) is 18.9 Å². The minimum Gasteiger partial charge on any atom is -0.507 e. The SMILES string of the molecule is CCC(CC)(c1cc(C)c(O)c(COC)c1)c1cc(C)c(O)c(COC)c1.CCC(Cc1ccccc1)(c1cc(C)c(O)c(COC)c1)c1cc(C)c(O)c(COC)c1. The van der Waals surface area contributed by atoms with Crippen molar-refractivity contribution in [1.82, 2.24) is 0 Å². The molecular formula is C51H66O8. The van der Waals surface area contributed by atoms with Gasteiger partial charge < -0.3 is 39.4 Å². The van der Waals surface area contributed by atoms with Crippen molar-refractivity contribution in [3.8, 4) is 23.0 Å². The summed E-state index contributed by atoms with van der Waals surface area (Å²) in [6.07, 6.45) is 3.43. The second-order valence-electron chi connectivity index (χ2n) is 15.8. The van der Waals surface area contributed by atoms with Crippen molar-refractivity contribution in [1.29, 1.82) is 0 Å². The van der Waals surface area contributed by atoms with E-state index < -0.39 is 0 Å². The van der Waals surface area contributed by atoms with E-state index in [9.17, 15) is 20.4 Å². The van der Waals surface area contributed by atoms with E-state index in [-0.39, 0.29) is 22.3 Å². The largest absolute Gasteiger partial charge is 0.507 e. The number of methoxy groups -OCH3 is 4. The number of ether oxygens (including phenoxy) is 4. The highest BCUT2D eigenvalue weighted by Crippen LogP contribution is 2.45. The van der Waals surface area contributed by atoms with Gasteiger partial charge in [-0.1, -0.05) is 75.4 Å². The van der Waals surface area contributed by atoms with Crippen LogP contribution in [0.3, 0.4) is 0 Å². The van der Waals surface area contributed by atoms with Crippen LogP contribution in [0.15, 0.2) is 78.9 Å². The lowest BCUT2D eigenvalue weighted by Gasteiger charge is -2.36. The van der Waals surface area contributed by atoms with E-state index in [0.717, 1.165) is 92.4 Å². The summed E-state index contributed by atoms with van der Waals surface area (Å²) in [5.74, 6) is 1.15. The molecule has 5 rings (SSSR count). The van der Waals surface area contributed by atoms with Crippen molar-refractivity contribution in [3.05, 3.63) is 151 Å². The Morgan fingerprint density at radius 1 is 0.407 bits per heavy atom. The van der Waals surface area contributed by atoms with Crippen LogP contribution < -0.4 is 0 Å². The molecule has 0 aromatic heterocycles. The van der Waals surface area contributed by atoms with Crippen LogP contribution in [0.2, 0.25) is 0 Å². The lowest BCUT2D eigenvalue weighted by Crippen LogP contribution is -2.30. The lowest BCUT2D eigenvalue weighted by molar-refractivity contribution is 0.181. The molecule has 0 spiro atoms. The molecule has 0 bridgehead atoms. The lowest BCUT2D eigenvalue weighted by atomic mass is 9.67. The molecule has 5 aromatic carbocycles. The molecule has 0 aliphatic carbocycles. The van der Waals surface area contributed by atoms with Crippen LogP contribution in [-0.4, -0.2) is 48.9 Å². The molecule has 0 aliphatic heterocycles. The van der Waals surface area contributed by atoms with Crippen LogP contribution in [0.5, 0.6) is 23.0 Å². The van der Waals surface area contributed by atoms with Gasteiger partial charge in [0.2, 0.25) is 0 Å². The van der Waals surface area contributed by atoms with Gasteiger partial charge in [0.05, 0.1) is 26.4 Å². The summed E-state index contributed by atoms with van der Waals surface area (Å²) >= 11 is 0. The first-order valence-corrected chi connectivity index (χ1v) is 20.5. The topological polar surface area (TPSA) is 118 Å². The Kier molecular flexibility index (Phi) is 16.6. The maximum Gasteiger partial charge on any atom is 0.124 e. The normalized spacial score (nSPS) is 11.7. The summed E-state index contributed by atoms with van der Waals surface area (Å²) in [5, 5.41) is 42.0. The fourth-order valence-corrected chi connectivity index (χ4v) is 8.66. The standard InChI is InChI=1S/C28H34O4.C23H32O4/c1-6-28(16-21-10-8-7-9-11-21,24-12-19(2)26(29)22(14-24)17-31-4)25-13-20(3)27(30)23(15-25)18-32-5;1-7-23(8-2,19-9-15(3)21(24)17(11-19)13-26-5)20-10-16(4)22(25)18(12-20)14-27-6/h7-15,29-30H,6,16-18H2,1-5H3;9-12,24-25H,7-8,13-14H2,1-6H3. The first kappa shape index (κ1) is 46.8. The average molecular weight is 807 g/mol. The smallest absolute Gasteiger partial charge is 0.124 e. The number of rotatable bonds is 17. The molecule has 4 N–H and O–H groups in total. The second kappa shape index (κ2) is 20.9. The van der Waals surface area contributed by atoms with Gasteiger partial charge in [-0.3, -0.25) is 0 Å². The number of hydrogen-bond donors (Lipinski definition) is 4. The molecule has 0 saturated heterocycles. The van der Waals surface area contributed by atoms with Crippen molar-refractivity contribution in [2.24, 2.45) is 0 Å². The van der Waals surface area contributed by atoms with Crippen LogP contribution in [-0.2, 0) is 62.6 Å². The van der Waals surface area contributed by atoms with Gasteiger partial charge in [0.15, 0.2) is 0 Å². The first-order chi connectivity index (χ1) is 28.2. The zero-order valence-corrected chi connectivity index (χ0v) is 37.1. The molecule has 8 nitrogen and oxygen atoms in total. The Morgan fingerprint density at radius 2 is 0.678 bits per heavy atom. The number of phenols is 4. The van der Waals surface area contributed by atoms with Crippen LogP contribution in [0, 0.1) is 27.7 Å². The minimum absolute atomic E-state index is 0.220. The van der Waals surface area contributed by atoms with Crippen LogP contribution in [0.25, 0.3) is 0 Å². The number of aryl methyl sites for hydroxylation is 4. The highest BCUT2D eigenvalue weighted by molar-refractivity contribution is 5.55. The summed E-state index contributed by atoms with van der Waals surface area (Å²) in [7, 11) is 6.54. The summed E-state index contributed by atoms with van der Waals surface area (Å²) in [6, 6.07) is 27.0. The van der Waals surface area contributed by atoms with E-state index in [0.29, 0.717) is 37.9 Å². The summed E-state index contributed by atoms with van der Waals surface area (Å²) in [4.78, 5) is 0. The van der Waals surface area contributed by atoms with Gasteiger partial charge in [0.25, 0.3) is 0 Å². The van der Waals surface area contributed by atoms with Gasteiger partial charge in [-0.05, 0) is 128 Å². The average Bonchev–Trinajstić information content (AvgIpc) is 3.22. The Bertz CT molecular complexity index is 2030. The zero-order chi connectivity index (χ0) is 43.5. The fourth-order valence-electron chi connectivity index (χ4n) is 8.66. The fraction of sp³-hybridized carbons (Fsp3) is 0.412. The molecule has 5 aromatic rings. The van der Waals surface area contributed by atoms with Crippen LogP contribution in [0.4, 0.5) is 0 Å². The molecular weight excluding hydrogens is 741 g/mol. The maximum atomic E-state index is 10.6. The molecule has 0 aliphatic rings. The number of hydrogen-bond acceptors (Lipinski definition) is 8. The molecule has 0 radical (unpaired) electrons. The van der Waals surface area contributed by atoms with Crippen molar-refractivity contribution in [3.63, 3.8) is 0 Å². The maximum absolute atomic E-state index is 10.6. The van der Waals surface area contributed by atoms with E-state index in [1.807, 2.05) is 33.8 Å². The van der Waals surface area contributed by atoms with Gasteiger partial charge in [-0.2, -0.15) is 0 Å². The quantitative estimate of drug-likeness (QED) is 0.0734. The Morgan fingerprint density at radius 3 is 0.932 bits per heavy atom. The van der Waals surface area contributed by atoms with E-state index in [1.54, 1.807) is 28.4 Å². The second-order valence-corrected chi connectivity index (χ2v) is 15.8. The molecule has 0 unspecified atom stereocenters. The van der Waals surface area contributed by atoms with E-state index in [2.05, 4.69) is 93.6 Å². The first-order valence-electron chi connectivity index (χ1n) is 20.5. The van der Waals surface area contributed by atoms with Crippen molar-refractivity contribution >= 4 is 0 Å². The predicted molar refractivity (Wildman–Crippen MR) is 237 cm³/mol. The summed E-state index contributed by atoms with van der Waals surface area (Å²) in [5.41, 5.74) is 11.7. The Labute approximate surface area is 352 Å². The van der Waals surface area contributed by atoms with Crippen molar-refractivity contribution < 1.29 is 39.4 Å². The molecule has 8 heteroatoms. The third kappa shape index (κ3) is 10.1. The Balaban J connectivity index is 0.000000265. The Hall–Kier alpha value is -4.86. The highest BCUT2D eigenvalue weighted by Gasteiger charge is 2.36. The predicted octanol–water partition coefficient (Wildman–Crippen LogP) is 11.1. The van der Waals surface area contributed by atoms with Gasteiger partial charge in [0, 0.05) is 61.5 Å². The van der Waals surface area contributed by atoms with Crippen LogP contribution >= 0.6 is 0 Å². The monoisotopic (exact) mass is 806 g/mol. The van der Waals surface area contributed by atoms with E-state index in [1.165, 1.54) is 5.56 Å². The third-order valence-corrected chi connectivity index (χ3v) is 12.1. The van der Waals surface area contributed by atoms with Gasteiger partial charge in [-0.15, -0.1) is 0 Å². The number of phenolic OH excluding ortho intramolecular Hbond substituents is 4. The third-order valence-electron chi connectivity index (χ3n) is 12.1. The molecule has 0 atom stereocenters. The number of aromatic hydroxyl groups is 4. The number of benzene rings is 5. The molecule has 0 amide bonds. The summed E-state index contributed by atoms with van der Waals surface area (Å²) in [6.45, 7) is 15.7. The summed E-state index contributed by atoms with van der Waals surface area (Å²) < 4.78 is 21.3. The zero-order valence-electron chi connectivity index (χ0n) is 37.1. The minimum atomic E-state index is -0.358. The van der Waals surface area contributed by atoms with Crippen molar-refractivity contribution in [2.75, 3.05) is 28.4 Å². The molecule has 0 heterocycles. The molecule has 0 fully saturated rings.